The van der Waals surface area contributed by atoms with Gasteiger partial charge in [-0.2, -0.15) is 0 Å². The largest absolute Gasteiger partial charge is 0.313 e. The molecule has 1 nitrogen and oxygen atoms in total. The van der Waals surface area contributed by atoms with Crippen LogP contribution < -0.4 is 5.32 Å². The lowest BCUT2D eigenvalue weighted by atomic mass is 9.81. The van der Waals surface area contributed by atoms with Crippen LogP contribution in [0.3, 0.4) is 0 Å². The van der Waals surface area contributed by atoms with Crippen LogP contribution >= 0.6 is 23.2 Å². The van der Waals surface area contributed by atoms with Crippen LogP contribution in [0.2, 0.25) is 10.0 Å². The number of rotatable bonds is 5. The van der Waals surface area contributed by atoms with Gasteiger partial charge in [0, 0.05) is 6.54 Å². The Morgan fingerprint density at radius 3 is 2.53 bits per heavy atom. The van der Waals surface area contributed by atoms with Crippen LogP contribution in [-0.2, 0) is 6.54 Å². The van der Waals surface area contributed by atoms with Gasteiger partial charge in [-0.3, -0.25) is 0 Å². The molecule has 106 valence electrons. The van der Waals surface area contributed by atoms with E-state index in [-0.39, 0.29) is 0 Å². The smallest absolute Gasteiger partial charge is 0.0595 e. The van der Waals surface area contributed by atoms with Crippen molar-refractivity contribution >= 4 is 23.2 Å². The Labute approximate surface area is 126 Å². The maximum Gasteiger partial charge on any atom is 0.0595 e. The Bertz CT molecular complexity index is 398. The summed E-state index contributed by atoms with van der Waals surface area (Å²) in [6.07, 6.45) is 6.95. The molecule has 0 bridgehead atoms. The van der Waals surface area contributed by atoms with E-state index >= 15 is 0 Å². The molecule has 3 heteroatoms. The molecule has 0 saturated heterocycles. The van der Waals surface area contributed by atoms with Crippen molar-refractivity contribution in [1.29, 1.82) is 0 Å². The zero-order valence-electron chi connectivity index (χ0n) is 11.6. The normalized spacial score (nSPS) is 23.5. The van der Waals surface area contributed by atoms with Crippen LogP contribution in [0.4, 0.5) is 0 Å². The number of nitrogens with one attached hydrogen (secondary N) is 1. The van der Waals surface area contributed by atoms with E-state index in [1.807, 2.05) is 18.2 Å². The molecule has 0 heterocycles. The van der Waals surface area contributed by atoms with Crippen LogP contribution in [0.5, 0.6) is 0 Å². The summed E-state index contributed by atoms with van der Waals surface area (Å²) in [7, 11) is 0. The van der Waals surface area contributed by atoms with Gasteiger partial charge < -0.3 is 5.32 Å². The fraction of sp³-hybridized carbons (Fsp3) is 0.625. The van der Waals surface area contributed by atoms with Crippen LogP contribution in [0, 0.1) is 11.8 Å². The van der Waals surface area contributed by atoms with Crippen molar-refractivity contribution in [3.63, 3.8) is 0 Å². The minimum absolute atomic E-state index is 0.627. The topological polar surface area (TPSA) is 12.0 Å². The van der Waals surface area contributed by atoms with Gasteiger partial charge in [0.1, 0.15) is 0 Å². The molecule has 1 N–H and O–H groups in total. The highest BCUT2D eigenvalue weighted by Crippen LogP contribution is 2.30. The van der Waals surface area contributed by atoms with Crippen molar-refractivity contribution in [2.24, 2.45) is 11.8 Å². The predicted molar refractivity (Wildman–Crippen MR) is 83.9 cm³/mol. The Balaban J connectivity index is 1.65. The second-order valence-electron chi connectivity index (χ2n) is 5.84. The minimum Gasteiger partial charge on any atom is -0.313 e. The third-order valence-corrected chi connectivity index (χ3v) is 4.92. The van der Waals surface area contributed by atoms with Crippen molar-refractivity contribution in [1.82, 2.24) is 5.32 Å². The lowest BCUT2D eigenvalue weighted by Gasteiger charge is -2.26. The van der Waals surface area contributed by atoms with Crippen LogP contribution in [0.15, 0.2) is 18.2 Å². The van der Waals surface area contributed by atoms with Gasteiger partial charge in [-0.1, -0.05) is 61.9 Å². The molecule has 1 aromatic rings. The van der Waals surface area contributed by atoms with Gasteiger partial charge in [0.05, 0.1) is 10.0 Å². The van der Waals surface area contributed by atoms with Crippen molar-refractivity contribution in [2.75, 3.05) is 6.54 Å². The molecule has 1 saturated carbocycles. The molecule has 1 aliphatic carbocycles. The first-order valence-corrected chi connectivity index (χ1v) is 8.05. The summed E-state index contributed by atoms with van der Waals surface area (Å²) in [5.74, 6) is 1.87. The quantitative estimate of drug-likeness (QED) is 0.728. The zero-order chi connectivity index (χ0) is 13.7. The van der Waals surface area contributed by atoms with E-state index < -0.39 is 0 Å². The van der Waals surface area contributed by atoms with Gasteiger partial charge in [-0.15, -0.1) is 0 Å². The summed E-state index contributed by atoms with van der Waals surface area (Å²) >= 11 is 11.9. The second kappa shape index (κ2) is 7.52. The average molecular weight is 300 g/mol. The predicted octanol–water partition coefficient (Wildman–Crippen LogP) is 5.30. The fourth-order valence-electron chi connectivity index (χ4n) is 2.81. The fourth-order valence-corrected chi connectivity index (χ4v) is 3.13. The summed E-state index contributed by atoms with van der Waals surface area (Å²) in [4.78, 5) is 0. The molecular formula is C16H23Cl2N. The molecule has 0 amide bonds. The molecule has 0 radical (unpaired) electrons. The Morgan fingerprint density at radius 1 is 1.11 bits per heavy atom. The first kappa shape index (κ1) is 15.2. The number of halogens is 2. The first-order chi connectivity index (χ1) is 9.15. The SMILES string of the molecule is CC1CCC(CCNCc2ccc(Cl)c(Cl)c2)CC1. The van der Waals surface area contributed by atoms with Gasteiger partial charge in [0.25, 0.3) is 0 Å². The van der Waals surface area contributed by atoms with E-state index in [4.69, 9.17) is 23.2 Å². The molecule has 0 aromatic heterocycles. The lowest BCUT2D eigenvalue weighted by Crippen LogP contribution is -2.20. The molecule has 0 aliphatic heterocycles. The van der Waals surface area contributed by atoms with E-state index in [2.05, 4.69) is 12.2 Å². The Morgan fingerprint density at radius 2 is 1.84 bits per heavy atom. The molecular weight excluding hydrogens is 277 g/mol. The van der Waals surface area contributed by atoms with Gasteiger partial charge in [0.2, 0.25) is 0 Å². The summed E-state index contributed by atoms with van der Waals surface area (Å²) in [5.41, 5.74) is 1.20. The van der Waals surface area contributed by atoms with E-state index in [1.54, 1.807) is 0 Å². The minimum atomic E-state index is 0.627. The highest BCUT2D eigenvalue weighted by atomic mass is 35.5. The van der Waals surface area contributed by atoms with E-state index in [9.17, 15) is 0 Å². The first-order valence-electron chi connectivity index (χ1n) is 7.30. The molecule has 19 heavy (non-hydrogen) atoms. The molecule has 1 fully saturated rings. The summed E-state index contributed by atoms with van der Waals surface area (Å²) in [5, 5.41) is 4.77. The van der Waals surface area contributed by atoms with E-state index in [0.717, 1.165) is 24.9 Å². The van der Waals surface area contributed by atoms with Gasteiger partial charge in [0.15, 0.2) is 0 Å². The number of hydrogen-bond acceptors (Lipinski definition) is 1. The van der Waals surface area contributed by atoms with Gasteiger partial charge in [-0.05, 0) is 42.5 Å². The maximum absolute atomic E-state index is 6.00. The number of hydrogen-bond donors (Lipinski definition) is 1. The molecule has 0 atom stereocenters. The Hall–Kier alpha value is -0.240. The third-order valence-electron chi connectivity index (χ3n) is 4.18. The van der Waals surface area contributed by atoms with Crippen molar-refractivity contribution < 1.29 is 0 Å². The molecule has 0 unspecified atom stereocenters. The summed E-state index contributed by atoms with van der Waals surface area (Å²) in [6.45, 7) is 4.35. The third kappa shape index (κ3) is 4.98. The van der Waals surface area contributed by atoms with E-state index in [1.165, 1.54) is 37.7 Å². The zero-order valence-corrected chi connectivity index (χ0v) is 13.1. The molecule has 2 rings (SSSR count). The molecule has 0 spiro atoms. The summed E-state index contributed by atoms with van der Waals surface area (Å²) in [6, 6.07) is 5.84. The molecule has 1 aliphatic rings. The standard InChI is InChI=1S/C16H23Cl2N/c1-12-2-4-13(5-3-12)8-9-19-11-14-6-7-15(17)16(18)10-14/h6-7,10,12-13,19H,2-5,8-9,11H2,1H3. The van der Waals surface area contributed by atoms with Crippen LogP contribution in [0.25, 0.3) is 0 Å². The van der Waals surface area contributed by atoms with Crippen molar-refractivity contribution in [3.05, 3.63) is 33.8 Å². The van der Waals surface area contributed by atoms with Gasteiger partial charge in [-0.25, -0.2) is 0 Å². The maximum atomic E-state index is 6.00. The van der Waals surface area contributed by atoms with Gasteiger partial charge >= 0.3 is 0 Å². The monoisotopic (exact) mass is 299 g/mol. The van der Waals surface area contributed by atoms with Crippen molar-refractivity contribution in [3.8, 4) is 0 Å². The average Bonchev–Trinajstić information content (AvgIpc) is 2.41. The molecule has 1 aromatic carbocycles. The van der Waals surface area contributed by atoms with E-state index in [0.29, 0.717) is 10.0 Å². The highest BCUT2D eigenvalue weighted by molar-refractivity contribution is 6.42. The highest BCUT2D eigenvalue weighted by Gasteiger charge is 2.17. The number of benzene rings is 1. The van der Waals surface area contributed by atoms with Crippen molar-refractivity contribution in [2.45, 2.75) is 45.6 Å². The van der Waals surface area contributed by atoms with Crippen LogP contribution in [-0.4, -0.2) is 6.54 Å². The van der Waals surface area contributed by atoms with Crippen LogP contribution in [0.1, 0.15) is 44.6 Å². The second-order valence-corrected chi connectivity index (χ2v) is 6.65. The lowest BCUT2D eigenvalue weighted by molar-refractivity contribution is 0.275. The Kier molecular flexibility index (Phi) is 6.00. The summed E-state index contributed by atoms with van der Waals surface area (Å²) < 4.78 is 0.